The van der Waals surface area contributed by atoms with E-state index in [1.165, 1.54) is 0 Å². The fourth-order valence-corrected chi connectivity index (χ4v) is 5.97. The number of nitrogens with zero attached hydrogens (tertiary/aromatic N) is 2. The first-order valence-electron chi connectivity index (χ1n) is 14.6. The molecule has 2 N–H and O–H groups in total. The van der Waals surface area contributed by atoms with Crippen molar-refractivity contribution in [1.29, 1.82) is 0 Å². The summed E-state index contributed by atoms with van der Waals surface area (Å²) < 4.78 is 3.15. The summed E-state index contributed by atoms with van der Waals surface area (Å²) in [5.74, 6) is -0.691. The molecule has 0 aliphatic rings. The highest BCUT2D eigenvalue weighted by molar-refractivity contribution is 5.71. The Kier molecular flexibility index (Phi) is 7.00. The van der Waals surface area contributed by atoms with E-state index in [0.717, 1.165) is 22.3 Å². The molecule has 0 aliphatic carbocycles. The minimum absolute atomic E-state index is 0.214. The quantitative estimate of drug-likeness (QED) is 0.207. The van der Waals surface area contributed by atoms with Gasteiger partial charge in [-0.1, -0.05) is 121 Å². The second-order valence-electron chi connectivity index (χ2n) is 10.8. The molecule has 0 aliphatic heterocycles. The van der Waals surface area contributed by atoms with Crippen LogP contribution in [0.2, 0.25) is 0 Å². The molecule has 2 heterocycles. The molecule has 0 amide bonds. The Balaban J connectivity index is 1.61. The molecule has 0 unspecified atom stereocenters. The molecule has 44 heavy (non-hydrogen) atoms. The molecule has 7 rings (SSSR count). The molecule has 2 aromatic heterocycles. The number of benzene rings is 5. The summed E-state index contributed by atoms with van der Waals surface area (Å²) in [6.07, 6.45) is 0. The van der Waals surface area contributed by atoms with Gasteiger partial charge in [-0.15, -0.1) is 0 Å². The van der Waals surface area contributed by atoms with Gasteiger partial charge in [-0.3, -0.25) is 19.8 Å². The third-order valence-electron chi connectivity index (χ3n) is 8.08. The Bertz CT molecular complexity index is 2020. The smallest absolute Gasteiger partial charge is 0.276 e. The third-order valence-corrected chi connectivity index (χ3v) is 8.08. The molecule has 5 aromatic carbocycles. The maximum Gasteiger partial charge on any atom is 0.276 e. The Labute approximate surface area is 254 Å². The third kappa shape index (κ3) is 4.72. The molecular weight excluding hydrogens is 544 g/mol. The molecule has 7 aromatic rings. The van der Waals surface area contributed by atoms with Gasteiger partial charge in [0.1, 0.15) is 0 Å². The molecule has 0 spiro atoms. The first kappa shape index (κ1) is 27.0. The first-order chi connectivity index (χ1) is 21.6. The summed E-state index contributed by atoms with van der Waals surface area (Å²) in [5, 5.41) is 6.85. The highest BCUT2D eigenvalue weighted by Gasteiger charge is 2.34. The minimum atomic E-state index is -0.691. The van der Waals surface area contributed by atoms with E-state index in [2.05, 4.69) is 10.2 Å². The van der Waals surface area contributed by atoms with E-state index in [1.807, 2.05) is 153 Å². The van der Waals surface area contributed by atoms with Crippen LogP contribution >= 0.6 is 0 Å². The summed E-state index contributed by atoms with van der Waals surface area (Å²) in [6, 6.07) is 46.7. The highest BCUT2D eigenvalue weighted by Crippen LogP contribution is 2.39. The van der Waals surface area contributed by atoms with E-state index >= 15 is 0 Å². The monoisotopic (exact) mass is 574 g/mol. The van der Waals surface area contributed by atoms with Crippen LogP contribution in [0.4, 0.5) is 0 Å². The van der Waals surface area contributed by atoms with Crippen molar-refractivity contribution in [1.82, 2.24) is 19.6 Å². The van der Waals surface area contributed by atoms with E-state index < -0.39 is 5.92 Å². The summed E-state index contributed by atoms with van der Waals surface area (Å²) in [7, 11) is 0. The van der Waals surface area contributed by atoms with Gasteiger partial charge in [0.2, 0.25) is 0 Å². The van der Waals surface area contributed by atoms with Gasteiger partial charge >= 0.3 is 0 Å². The van der Waals surface area contributed by atoms with E-state index in [0.29, 0.717) is 33.9 Å². The van der Waals surface area contributed by atoms with Crippen LogP contribution < -0.4 is 11.1 Å². The number of nitrogens with one attached hydrogen (secondary N) is 2. The molecule has 0 radical (unpaired) electrons. The Morgan fingerprint density at radius 2 is 0.841 bits per heavy atom. The predicted octanol–water partition coefficient (Wildman–Crippen LogP) is 7.47. The maximum atomic E-state index is 14.7. The van der Waals surface area contributed by atoms with Crippen molar-refractivity contribution >= 4 is 0 Å². The zero-order chi connectivity index (χ0) is 30.0. The fourth-order valence-electron chi connectivity index (χ4n) is 5.97. The van der Waals surface area contributed by atoms with Crippen molar-refractivity contribution < 1.29 is 0 Å². The van der Waals surface area contributed by atoms with E-state index in [9.17, 15) is 9.59 Å². The van der Waals surface area contributed by atoms with Gasteiger partial charge in [0.25, 0.3) is 11.1 Å². The second kappa shape index (κ2) is 11.4. The number of aromatic nitrogens is 4. The SMILES string of the molecule is Cc1ccccc1C(c1c(-c2ccccc2)[nH]n(-c2ccccc2)c1=O)c1c(-c2ccccc2)[nH]n(-c2ccccc2)c1=O. The van der Waals surface area contributed by atoms with Gasteiger partial charge in [0.05, 0.1) is 33.9 Å². The van der Waals surface area contributed by atoms with Gasteiger partial charge in [0, 0.05) is 5.92 Å². The molecule has 0 atom stereocenters. The largest absolute Gasteiger partial charge is 0.290 e. The van der Waals surface area contributed by atoms with Crippen LogP contribution in [0, 0.1) is 6.92 Å². The number of hydrogen-bond donors (Lipinski definition) is 2. The van der Waals surface area contributed by atoms with Crippen molar-refractivity contribution in [3.05, 3.63) is 189 Å². The Hall–Kier alpha value is -5.88. The summed E-state index contributed by atoms with van der Waals surface area (Å²) in [6.45, 7) is 2.03. The molecule has 0 saturated heterocycles. The zero-order valence-electron chi connectivity index (χ0n) is 24.1. The average Bonchev–Trinajstić information content (AvgIpc) is 3.61. The van der Waals surface area contributed by atoms with Gasteiger partial charge in [-0.2, -0.15) is 0 Å². The number of aromatic amines is 2. The lowest BCUT2D eigenvalue weighted by Crippen LogP contribution is -2.25. The van der Waals surface area contributed by atoms with Gasteiger partial charge in [-0.25, -0.2) is 9.36 Å². The lowest BCUT2D eigenvalue weighted by molar-refractivity contribution is 0.836. The first-order valence-corrected chi connectivity index (χ1v) is 14.6. The van der Waals surface area contributed by atoms with Crippen molar-refractivity contribution in [2.75, 3.05) is 0 Å². The van der Waals surface area contributed by atoms with Crippen molar-refractivity contribution in [3.63, 3.8) is 0 Å². The number of hydrogen-bond acceptors (Lipinski definition) is 2. The summed E-state index contributed by atoms with van der Waals surface area (Å²) in [5.41, 5.74) is 6.91. The van der Waals surface area contributed by atoms with Gasteiger partial charge < -0.3 is 0 Å². The lowest BCUT2D eigenvalue weighted by Gasteiger charge is -2.19. The molecular formula is C38H30N4O2. The van der Waals surface area contributed by atoms with Crippen LogP contribution in [-0.2, 0) is 0 Å². The number of para-hydroxylation sites is 2. The van der Waals surface area contributed by atoms with Gasteiger partial charge in [-0.05, 0) is 53.4 Å². The van der Waals surface area contributed by atoms with E-state index in [4.69, 9.17) is 0 Å². The summed E-state index contributed by atoms with van der Waals surface area (Å²) in [4.78, 5) is 29.4. The van der Waals surface area contributed by atoms with Crippen molar-refractivity contribution in [2.24, 2.45) is 0 Å². The maximum absolute atomic E-state index is 14.7. The molecule has 0 bridgehead atoms. The lowest BCUT2D eigenvalue weighted by atomic mass is 9.81. The van der Waals surface area contributed by atoms with E-state index in [1.54, 1.807) is 9.36 Å². The fraction of sp³-hybridized carbons (Fsp3) is 0.0526. The minimum Gasteiger partial charge on any atom is -0.290 e. The number of H-pyrrole nitrogens is 2. The van der Waals surface area contributed by atoms with Crippen molar-refractivity contribution in [3.8, 4) is 33.9 Å². The number of rotatable bonds is 7. The topological polar surface area (TPSA) is 75.6 Å². The number of aryl methyl sites for hydroxylation is 1. The molecule has 214 valence electrons. The normalized spacial score (nSPS) is 11.2. The van der Waals surface area contributed by atoms with Crippen LogP contribution in [-0.4, -0.2) is 19.6 Å². The highest BCUT2D eigenvalue weighted by atomic mass is 16.1. The summed E-state index contributed by atoms with van der Waals surface area (Å²) >= 11 is 0. The molecule has 6 heteroatoms. The van der Waals surface area contributed by atoms with Crippen LogP contribution in [0.3, 0.4) is 0 Å². The molecule has 0 saturated carbocycles. The predicted molar refractivity (Wildman–Crippen MR) is 176 cm³/mol. The van der Waals surface area contributed by atoms with E-state index in [-0.39, 0.29) is 11.1 Å². The Morgan fingerprint density at radius 1 is 0.477 bits per heavy atom. The zero-order valence-corrected chi connectivity index (χ0v) is 24.1. The van der Waals surface area contributed by atoms with Crippen molar-refractivity contribution in [2.45, 2.75) is 12.8 Å². The standard InChI is InChI=1S/C38H30N4O2/c1-26-16-14-15-25-31(26)32(33-35(27-17-6-2-7-18-27)39-41(37(33)43)29-21-10-4-11-22-29)34-36(28-19-8-3-9-20-28)40-42(38(34)44)30-23-12-5-13-24-30/h2-25,32,39-40H,1H3. The van der Waals surface area contributed by atoms with Crippen LogP contribution in [0.25, 0.3) is 33.9 Å². The molecule has 0 fully saturated rings. The molecule has 6 nitrogen and oxygen atoms in total. The van der Waals surface area contributed by atoms with Gasteiger partial charge in [0.15, 0.2) is 0 Å². The van der Waals surface area contributed by atoms with Crippen LogP contribution in [0.5, 0.6) is 0 Å². The van der Waals surface area contributed by atoms with Crippen LogP contribution in [0.1, 0.15) is 28.2 Å². The second-order valence-corrected chi connectivity index (χ2v) is 10.8. The Morgan fingerprint density at radius 3 is 1.25 bits per heavy atom. The van der Waals surface area contributed by atoms with Crippen LogP contribution in [0.15, 0.2) is 155 Å². The average molecular weight is 575 g/mol.